The molecule has 31 heteroatoms. The van der Waals surface area contributed by atoms with Crippen LogP contribution in [-0.2, 0) is 55.7 Å². The lowest BCUT2D eigenvalue weighted by Gasteiger charge is -2.61. The van der Waals surface area contributed by atoms with Crippen molar-refractivity contribution in [3.8, 4) is 69.6 Å². The maximum absolute atomic E-state index is 13.7. The van der Waals surface area contributed by atoms with Gasteiger partial charge in [-0.1, -0.05) is 37.4 Å². The van der Waals surface area contributed by atoms with E-state index in [4.69, 9.17) is 66.3 Å². The number of hydrogen-bond donors (Lipinski definition) is 3. The molecule has 0 spiro atoms. The van der Waals surface area contributed by atoms with Gasteiger partial charge in [-0.15, -0.1) is 23.5 Å². The van der Waals surface area contributed by atoms with E-state index in [0.717, 1.165) is 27.8 Å². The monoisotopic (exact) mass is 1460 g/mol. The molecule has 4 saturated heterocycles. The molecule has 29 nitrogen and oxygen atoms in total. The fraction of sp³-hybridized carbons (Fsp3) is 0.500. The lowest BCUT2D eigenvalue weighted by atomic mass is 9.71. The third-order valence-corrected chi connectivity index (χ3v) is 23.7. The molecular weight excluding hydrogens is 1380 g/mol. The molecule has 2 amide bonds. The van der Waals surface area contributed by atoms with E-state index in [2.05, 4.69) is 61.6 Å². The highest BCUT2D eigenvalue weighted by atomic mass is 32.2. The molecule has 0 radical (unpaired) electrons. The lowest BCUT2D eigenvalue weighted by molar-refractivity contribution is -0.152. The number of ether oxygens (including phenoxy) is 14. The second-order valence-electron chi connectivity index (χ2n) is 26.5. The summed E-state index contributed by atoms with van der Waals surface area (Å²) >= 11 is 2.72. The van der Waals surface area contributed by atoms with Crippen molar-refractivity contribution in [3.05, 3.63) is 104 Å². The molecule has 4 aromatic carbocycles. The first kappa shape index (κ1) is 72.0. The van der Waals surface area contributed by atoms with Crippen LogP contribution in [0.2, 0.25) is 0 Å². The zero-order chi connectivity index (χ0) is 73.3. The van der Waals surface area contributed by atoms with Crippen molar-refractivity contribution in [1.29, 1.82) is 10.5 Å². The predicted octanol–water partition coefficient (Wildman–Crippen LogP) is 7.30. The van der Waals surface area contributed by atoms with Crippen LogP contribution in [0.4, 0.5) is 9.59 Å². The standard InChI is InChI=1S/C37H42N4O11S.C35H38N4O10S/c1-8-9-47-37(44)39-21-14-53-35-27-26(34-32(50-16-51-34)18(3)31(27)52-19(4)42)24(13-48-36(21)43)41-23(12-38)22-11-20-10-17(2)30(46-7)33(49-15-45-6)25(20)28(29(35)41)40(22)5;1-7-8-45-35(43)37-19-13-50-33-25-24(32-31(47-14-48-32)16(3)30(25)49-17(4)40)22(12-46-34(19)42)39-21(11-36)20-10-18-9-15(2)29(44-6)28(41)23(18)26(27(33)39)38(20)5/h8,10,21-24,28-29,35H,1,9,11,13-16H2,2-7H3,(H,39,44);7,9,19-22,26-27,33,41H,1,8,10,12-14H2,2-6H3,(H,37,43)/t21-,22+,23+,24+,28-,29?,35-;19-,20+,21+,22+,26-,27?,33-/m11/s1. The Bertz CT molecular complexity index is 4280. The van der Waals surface area contributed by atoms with Crippen molar-refractivity contribution in [1.82, 2.24) is 30.2 Å². The van der Waals surface area contributed by atoms with Crippen molar-refractivity contribution < 1.29 is 100 Å². The Morgan fingerprint density at radius 1 is 0.612 bits per heavy atom. The van der Waals surface area contributed by atoms with Gasteiger partial charge in [0.15, 0.2) is 52.8 Å². The Hall–Kier alpha value is -9.34. The molecule has 4 aromatic rings. The van der Waals surface area contributed by atoms with Crippen molar-refractivity contribution in [2.75, 3.05) is 93.7 Å². The summed E-state index contributed by atoms with van der Waals surface area (Å²) in [5, 5.41) is 38.0. The van der Waals surface area contributed by atoms with Crippen LogP contribution in [0.25, 0.3) is 0 Å². The normalized spacial score (nSPS) is 27.3. The minimum Gasteiger partial charge on any atom is -0.504 e. The quantitative estimate of drug-likeness (QED) is 0.0388. The van der Waals surface area contributed by atoms with E-state index >= 15 is 0 Å². The summed E-state index contributed by atoms with van der Waals surface area (Å²) in [6.45, 7) is 16.5. The largest absolute Gasteiger partial charge is 0.504 e. The molecule has 103 heavy (non-hydrogen) atoms. The van der Waals surface area contributed by atoms with E-state index in [1.54, 1.807) is 21.1 Å². The van der Waals surface area contributed by atoms with Crippen LogP contribution in [0.15, 0.2) is 37.4 Å². The molecule has 12 heterocycles. The van der Waals surface area contributed by atoms with E-state index in [9.17, 15) is 44.4 Å². The highest BCUT2D eigenvalue weighted by Gasteiger charge is 2.63. The van der Waals surface area contributed by atoms with Gasteiger partial charge in [0.1, 0.15) is 62.1 Å². The van der Waals surface area contributed by atoms with Gasteiger partial charge in [-0.05, 0) is 76.9 Å². The number of thioether (sulfide) groups is 2. The third kappa shape index (κ3) is 12.1. The van der Waals surface area contributed by atoms with Gasteiger partial charge in [0.2, 0.25) is 13.6 Å². The minimum atomic E-state index is -1.10. The summed E-state index contributed by atoms with van der Waals surface area (Å²) in [6, 6.07) is 1.63. The fourth-order valence-corrected chi connectivity index (χ4v) is 20.0. The average molecular weight is 1460 g/mol. The summed E-state index contributed by atoms with van der Waals surface area (Å²) in [7, 11) is 8.60. The number of carbonyl (C=O) groups is 6. The first-order chi connectivity index (χ1) is 49.6. The van der Waals surface area contributed by atoms with E-state index in [-0.39, 0.29) is 76.1 Å². The Morgan fingerprint density at radius 3 is 1.46 bits per heavy atom. The topological polar surface area (TPSA) is 336 Å². The van der Waals surface area contributed by atoms with Crippen LogP contribution < -0.4 is 53.3 Å². The second-order valence-corrected chi connectivity index (χ2v) is 28.8. The molecule has 16 rings (SSSR count). The van der Waals surface area contributed by atoms with Gasteiger partial charge in [0.25, 0.3) is 0 Å². The molecule has 3 N–H and O–H groups in total. The Balaban J connectivity index is 0.000000184. The predicted molar refractivity (Wildman–Crippen MR) is 368 cm³/mol. The Labute approximate surface area is 602 Å². The number of alkyl carbamates (subject to hydrolysis) is 2. The number of nitrogens with one attached hydrogen (secondary N) is 2. The van der Waals surface area contributed by atoms with Gasteiger partial charge >= 0.3 is 36.1 Å². The summed E-state index contributed by atoms with van der Waals surface area (Å²) in [6.07, 6.45) is 2.23. The fourth-order valence-electron chi connectivity index (χ4n) is 17.0. The number of methoxy groups -OCH3 is 3. The van der Waals surface area contributed by atoms with E-state index in [0.29, 0.717) is 104 Å². The number of aryl methyl sites for hydroxylation is 2. The summed E-state index contributed by atoms with van der Waals surface area (Å²) in [5.41, 5.74) is 8.79. The maximum atomic E-state index is 13.7. The average Bonchev–Trinajstić information content (AvgIpc) is 1.34. The number of nitrogens with zero attached hydrogens (tertiary/aromatic N) is 6. The SMILES string of the molecule is C=CCOC(=O)N[C@@H]1CS[C@@H]2c3c(OC(C)=O)c(C)c4c(c3[C@H](COC1=O)N1C2[C@H]2c3c(cc(C)c(OC)c3O)C[C@@H]([C@@H]1C#N)N2C)OCO4.C=CCOC(=O)N[C@@H]1CS[C@@H]2c3c(OC(C)=O)c(C)c4c(c3[C@H](COC1=O)N1C2[C@H]2c3c(cc(C)c(OC)c3OCOC)C[C@@H]([C@@H]1C#N)N2C)OCO4. The highest BCUT2D eigenvalue weighted by molar-refractivity contribution is 7.99. The van der Waals surface area contributed by atoms with Gasteiger partial charge in [-0.3, -0.25) is 29.2 Å². The van der Waals surface area contributed by atoms with Crippen LogP contribution >= 0.6 is 23.5 Å². The van der Waals surface area contributed by atoms with Crippen LogP contribution in [0.5, 0.6) is 57.5 Å². The van der Waals surface area contributed by atoms with E-state index in [1.807, 2.05) is 40.9 Å². The zero-order valence-electron chi connectivity index (χ0n) is 58.7. The molecule has 546 valence electrons. The lowest BCUT2D eigenvalue weighted by Crippen LogP contribution is -2.69. The Morgan fingerprint density at radius 2 is 1.04 bits per heavy atom. The number of phenols is 1. The van der Waals surface area contributed by atoms with Crippen LogP contribution in [0.3, 0.4) is 0 Å². The number of fused-ring (bicyclic) bond motifs is 20. The van der Waals surface area contributed by atoms with Gasteiger partial charge in [0.05, 0.1) is 61.0 Å². The number of likely N-dealkylation sites (N-methyl/N-ethyl adjacent to an activating group) is 2. The summed E-state index contributed by atoms with van der Waals surface area (Å²) in [4.78, 5) is 86.8. The molecule has 0 saturated carbocycles. The number of amides is 2. The number of hydrogen-bond acceptors (Lipinski definition) is 29. The van der Waals surface area contributed by atoms with Crippen LogP contribution in [0.1, 0.15) is 115 Å². The number of aromatic hydroxyl groups is 1. The number of esters is 4. The van der Waals surface area contributed by atoms with Crippen molar-refractivity contribution >= 4 is 59.6 Å². The molecule has 8 bridgehead atoms. The van der Waals surface area contributed by atoms with Crippen molar-refractivity contribution in [3.63, 3.8) is 0 Å². The maximum Gasteiger partial charge on any atom is 0.408 e. The number of carbonyl (C=O) groups excluding carboxylic acids is 6. The van der Waals surface area contributed by atoms with Crippen LogP contribution in [-0.4, -0.2) is 203 Å². The van der Waals surface area contributed by atoms with Gasteiger partial charge in [-0.2, -0.15) is 10.5 Å². The molecule has 12 aliphatic heterocycles. The number of rotatable bonds is 13. The first-order valence-electron chi connectivity index (χ1n) is 33.5. The number of benzene rings is 4. The number of piperazine rings is 2. The Kier molecular flexibility index (Phi) is 20.3. The van der Waals surface area contributed by atoms with E-state index in [1.165, 1.54) is 56.6 Å². The molecule has 4 fully saturated rings. The summed E-state index contributed by atoms with van der Waals surface area (Å²) in [5.74, 6) is 1.45. The van der Waals surface area contributed by atoms with Gasteiger partial charge in [-0.25, -0.2) is 19.2 Å². The highest BCUT2D eigenvalue weighted by Crippen LogP contribution is 2.67. The first-order valence-corrected chi connectivity index (χ1v) is 35.6. The summed E-state index contributed by atoms with van der Waals surface area (Å²) < 4.78 is 81.8. The smallest absolute Gasteiger partial charge is 0.408 e. The van der Waals surface area contributed by atoms with Gasteiger partial charge in [0, 0.05) is 101 Å². The van der Waals surface area contributed by atoms with Gasteiger partial charge < -0.3 is 82.1 Å². The van der Waals surface area contributed by atoms with Crippen LogP contribution in [0, 0.1) is 50.4 Å². The third-order valence-electron chi connectivity index (χ3n) is 20.9. The number of phenolic OH excluding ortho intramolecular Hbond substituents is 1. The minimum absolute atomic E-state index is 0.0179. The molecule has 0 aromatic heterocycles. The number of nitriles is 2. The zero-order valence-corrected chi connectivity index (χ0v) is 60.3. The molecule has 12 aliphatic rings. The molecule has 2 unspecified atom stereocenters. The molecular formula is C72H80N8O21S2. The van der Waals surface area contributed by atoms with E-state index < -0.39 is 107 Å². The van der Waals surface area contributed by atoms with Crippen molar-refractivity contribution in [2.45, 2.75) is 137 Å². The second kappa shape index (κ2) is 29.1. The molecule has 14 atom stereocenters. The molecule has 0 aliphatic carbocycles. The van der Waals surface area contributed by atoms with Crippen molar-refractivity contribution in [2.24, 2.45) is 0 Å².